The molecule has 0 spiro atoms. The summed E-state index contributed by atoms with van der Waals surface area (Å²) in [5, 5.41) is 3.23. The number of hydrogen-bond donors (Lipinski definition) is 1. The first-order valence-corrected chi connectivity index (χ1v) is 12.0. The third-order valence-corrected chi connectivity index (χ3v) is 6.82. The van der Waals surface area contributed by atoms with Crippen molar-refractivity contribution < 1.29 is 9.59 Å². The van der Waals surface area contributed by atoms with Gasteiger partial charge in [-0.3, -0.25) is 9.59 Å². The third kappa shape index (κ3) is 4.88. The van der Waals surface area contributed by atoms with E-state index in [1.807, 2.05) is 79.7 Å². The summed E-state index contributed by atoms with van der Waals surface area (Å²) in [6.45, 7) is 8.35. The largest absolute Gasteiger partial charge is 0.350 e. The molecule has 5 heteroatoms. The standard InChI is InChI=1S/C28H28N2O2S/c1-5-20-8-12-22(13-9-20)29-25-26(33-24-16-6-19(4)7-17-24)28(32)30(27(25)31)23-14-10-21(11-15-23)18(2)3/h6-18,29H,5H2,1-4H3. The molecule has 1 aliphatic rings. The lowest BCUT2D eigenvalue weighted by atomic mass is 10.0. The van der Waals surface area contributed by atoms with Crippen LogP contribution in [0.15, 0.2) is 88.3 Å². The average Bonchev–Trinajstić information content (AvgIpc) is 3.05. The molecule has 1 aliphatic heterocycles. The van der Waals surface area contributed by atoms with Crippen LogP contribution in [0.1, 0.15) is 43.4 Å². The van der Waals surface area contributed by atoms with E-state index in [0.717, 1.165) is 28.1 Å². The Bertz CT molecular complexity index is 1190. The molecule has 1 N–H and O–H groups in total. The Kier molecular flexibility index (Phi) is 6.70. The molecule has 0 radical (unpaired) electrons. The van der Waals surface area contributed by atoms with Crippen molar-refractivity contribution in [2.24, 2.45) is 0 Å². The molecule has 1 heterocycles. The Morgan fingerprint density at radius 2 is 1.48 bits per heavy atom. The van der Waals surface area contributed by atoms with Gasteiger partial charge in [-0.05, 0) is 66.8 Å². The summed E-state index contributed by atoms with van der Waals surface area (Å²) < 4.78 is 0. The maximum absolute atomic E-state index is 13.5. The highest BCUT2D eigenvalue weighted by Gasteiger charge is 2.40. The van der Waals surface area contributed by atoms with Crippen LogP contribution in [0.25, 0.3) is 0 Å². The topological polar surface area (TPSA) is 49.4 Å². The lowest BCUT2D eigenvalue weighted by Crippen LogP contribution is -2.32. The van der Waals surface area contributed by atoms with Crippen LogP contribution in [0.3, 0.4) is 0 Å². The SMILES string of the molecule is CCc1ccc(NC2=C(Sc3ccc(C)cc3)C(=O)N(c3ccc(C(C)C)cc3)C2=O)cc1. The van der Waals surface area contributed by atoms with E-state index < -0.39 is 0 Å². The van der Waals surface area contributed by atoms with Crippen LogP contribution < -0.4 is 10.2 Å². The van der Waals surface area contributed by atoms with Crippen LogP contribution >= 0.6 is 11.8 Å². The Balaban J connectivity index is 1.70. The number of nitrogens with one attached hydrogen (secondary N) is 1. The monoisotopic (exact) mass is 456 g/mol. The van der Waals surface area contributed by atoms with Gasteiger partial charge in [0.1, 0.15) is 10.6 Å². The zero-order valence-corrected chi connectivity index (χ0v) is 20.2. The van der Waals surface area contributed by atoms with E-state index in [1.54, 1.807) is 0 Å². The maximum Gasteiger partial charge on any atom is 0.283 e. The minimum atomic E-state index is -0.341. The number of thioether (sulfide) groups is 1. The van der Waals surface area contributed by atoms with Gasteiger partial charge in [-0.2, -0.15) is 0 Å². The number of carbonyl (C=O) groups excluding carboxylic acids is 2. The summed E-state index contributed by atoms with van der Waals surface area (Å²) in [5.41, 5.74) is 5.18. The van der Waals surface area contributed by atoms with Crippen molar-refractivity contribution >= 4 is 35.0 Å². The van der Waals surface area contributed by atoms with Crippen molar-refractivity contribution in [3.8, 4) is 0 Å². The number of amides is 2. The molecule has 33 heavy (non-hydrogen) atoms. The van der Waals surface area contributed by atoms with Crippen LogP contribution in [-0.4, -0.2) is 11.8 Å². The Morgan fingerprint density at radius 3 is 2.06 bits per heavy atom. The van der Waals surface area contributed by atoms with Gasteiger partial charge in [0, 0.05) is 10.6 Å². The number of carbonyl (C=O) groups is 2. The molecule has 2 amide bonds. The van der Waals surface area contributed by atoms with Gasteiger partial charge in [0.25, 0.3) is 11.8 Å². The number of aryl methyl sites for hydroxylation is 2. The van der Waals surface area contributed by atoms with E-state index in [0.29, 0.717) is 22.2 Å². The van der Waals surface area contributed by atoms with Crippen LogP contribution in [0, 0.1) is 6.92 Å². The number of benzene rings is 3. The minimum Gasteiger partial charge on any atom is -0.350 e. The van der Waals surface area contributed by atoms with Gasteiger partial charge in [0.15, 0.2) is 0 Å². The van der Waals surface area contributed by atoms with Crippen LogP contribution in [0.4, 0.5) is 11.4 Å². The molecule has 0 atom stereocenters. The fourth-order valence-corrected chi connectivity index (χ4v) is 4.58. The van der Waals surface area contributed by atoms with E-state index in [1.165, 1.54) is 22.2 Å². The molecule has 4 nitrogen and oxygen atoms in total. The van der Waals surface area contributed by atoms with E-state index in [-0.39, 0.29) is 11.8 Å². The first-order valence-electron chi connectivity index (χ1n) is 11.2. The second-order valence-corrected chi connectivity index (χ2v) is 9.57. The smallest absolute Gasteiger partial charge is 0.283 e. The van der Waals surface area contributed by atoms with Gasteiger partial charge in [-0.1, -0.05) is 74.5 Å². The van der Waals surface area contributed by atoms with E-state index >= 15 is 0 Å². The van der Waals surface area contributed by atoms with Gasteiger partial charge in [0.2, 0.25) is 0 Å². The van der Waals surface area contributed by atoms with Gasteiger partial charge < -0.3 is 5.32 Å². The fourth-order valence-electron chi connectivity index (χ4n) is 3.65. The molecule has 0 saturated heterocycles. The molecular formula is C28H28N2O2S. The maximum atomic E-state index is 13.5. The third-order valence-electron chi connectivity index (χ3n) is 5.73. The predicted octanol–water partition coefficient (Wildman–Crippen LogP) is 6.67. The van der Waals surface area contributed by atoms with Crippen molar-refractivity contribution in [2.45, 2.75) is 44.9 Å². The van der Waals surface area contributed by atoms with Gasteiger partial charge >= 0.3 is 0 Å². The highest BCUT2D eigenvalue weighted by molar-refractivity contribution is 8.04. The quantitative estimate of drug-likeness (QED) is 0.403. The van der Waals surface area contributed by atoms with Crippen LogP contribution in [0.2, 0.25) is 0 Å². The normalized spacial score (nSPS) is 13.9. The summed E-state index contributed by atoms with van der Waals surface area (Å²) in [4.78, 5) is 29.6. The summed E-state index contributed by atoms with van der Waals surface area (Å²) in [5.74, 6) is -0.278. The highest BCUT2D eigenvalue weighted by atomic mass is 32.2. The summed E-state index contributed by atoms with van der Waals surface area (Å²) >= 11 is 1.32. The van der Waals surface area contributed by atoms with E-state index in [9.17, 15) is 9.59 Å². The molecule has 0 unspecified atom stereocenters. The molecule has 0 aromatic heterocycles. The second kappa shape index (κ2) is 9.67. The first kappa shape index (κ1) is 22.9. The molecular weight excluding hydrogens is 428 g/mol. The van der Waals surface area contributed by atoms with E-state index in [2.05, 4.69) is 26.1 Å². The zero-order chi connectivity index (χ0) is 23.5. The molecule has 3 aromatic rings. The van der Waals surface area contributed by atoms with Crippen LogP contribution in [0.5, 0.6) is 0 Å². The molecule has 4 rings (SSSR count). The number of hydrogen-bond acceptors (Lipinski definition) is 4. The van der Waals surface area contributed by atoms with Crippen molar-refractivity contribution in [2.75, 3.05) is 10.2 Å². The van der Waals surface area contributed by atoms with E-state index in [4.69, 9.17) is 0 Å². The lowest BCUT2D eigenvalue weighted by molar-refractivity contribution is -0.120. The molecule has 168 valence electrons. The summed E-state index contributed by atoms with van der Waals surface area (Å²) in [6.07, 6.45) is 0.940. The summed E-state index contributed by atoms with van der Waals surface area (Å²) in [7, 11) is 0. The van der Waals surface area contributed by atoms with Crippen molar-refractivity contribution in [1.29, 1.82) is 0 Å². The Morgan fingerprint density at radius 1 is 0.848 bits per heavy atom. The highest BCUT2D eigenvalue weighted by Crippen LogP contribution is 2.38. The summed E-state index contributed by atoms with van der Waals surface area (Å²) in [6, 6.07) is 23.5. The molecule has 0 bridgehead atoms. The minimum absolute atomic E-state index is 0.308. The molecule has 3 aromatic carbocycles. The molecule has 0 saturated carbocycles. The van der Waals surface area contributed by atoms with Gasteiger partial charge in [-0.25, -0.2) is 4.90 Å². The number of anilines is 2. The van der Waals surface area contributed by atoms with Gasteiger partial charge in [-0.15, -0.1) is 0 Å². The fraction of sp³-hybridized carbons (Fsp3) is 0.214. The average molecular weight is 457 g/mol. The zero-order valence-electron chi connectivity index (χ0n) is 19.4. The number of rotatable bonds is 7. The molecule has 0 aliphatic carbocycles. The molecule has 0 fully saturated rings. The second-order valence-electron chi connectivity index (χ2n) is 8.49. The van der Waals surface area contributed by atoms with Crippen LogP contribution in [-0.2, 0) is 16.0 Å². The van der Waals surface area contributed by atoms with Crippen molar-refractivity contribution in [1.82, 2.24) is 0 Å². The first-order chi connectivity index (χ1) is 15.9. The van der Waals surface area contributed by atoms with Crippen molar-refractivity contribution in [3.63, 3.8) is 0 Å². The lowest BCUT2D eigenvalue weighted by Gasteiger charge is -2.16. The number of nitrogens with zero attached hydrogens (tertiary/aromatic N) is 1. The van der Waals surface area contributed by atoms with Crippen molar-refractivity contribution in [3.05, 3.63) is 100 Å². The number of imide groups is 1. The predicted molar refractivity (Wildman–Crippen MR) is 137 cm³/mol. The van der Waals surface area contributed by atoms with Gasteiger partial charge in [0.05, 0.1) is 5.69 Å². The Hall–Kier alpha value is -3.31. The Labute approximate surface area is 199 Å².